The average Bonchev–Trinajstić information content (AvgIpc) is 2.67. The van der Waals surface area contributed by atoms with Crippen molar-refractivity contribution in [1.29, 1.82) is 0 Å². The highest BCUT2D eigenvalue weighted by Gasteiger charge is 2.26. The number of nitrogens with zero attached hydrogens (tertiary/aromatic N) is 1. The molecule has 0 aliphatic rings. The molecule has 150 valence electrons. The molecule has 0 aromatic heterocycles. The first-order valence-electron chi connectivity index (χ1n) is 9.27. The van der Waals surface area contributed by atoms with E-state index < -0.39 is 6.04 Å². The molecule has 0 unspecified atom stereocenters. The van der Waals surface area contributed by atoms with E-state index in [0.29, 0.717) is 11.6 Å². The van der Waals surface area contributed by atoms with Gasteiger partial charge < -0.3 is 15.0 Å². The third-order valence-corrected chi connectivity index (χ3v) is 4.63. The third-order valence-electron chi connectivity index (χ3n) is 4.38. The third kappa shape index (κ3) is 6.27. The Hall–Kier alpha value is -2.53. The summed E-state index contributed by atoms with van der Waals surface area (Å²) in [6.45, 7) is 5.88. The van der Waals surface area contributed by atoms with Crippen LogP contribution in [0.5, 0.6) is 5.75 Å². The van der Waals surface area contributed by atoms with Gasteiger partial charge in [0.1, 0.15) is 11.8 Å². The lowest BCUT2D eigenvalue weighted by Crippen LogP contribution is -2.49. The van der Waals surface area contributed by atoms with E-state index in [1.54, 1.807) is 31.1 Å². The zero-order chi connectivity index (χ0) is 20.7. The molecule has 0 saturated heterocycles. The Balaban J connectivity index is 2.21. The number of amides is 2. The molecular formula is C22H27ClN2O3. The zero-order valence-corrected chi connectivity index (χ0v) is 17.5. The van der Waals surface area contributed by atoms with Crippen LogP contribution >= 0.6 is 11.6 Å². The lowest BCUT2D eigenvalue weighted by Gasteiger charge is -2.29. The Kier molecular flexibility index (Phi) is 7.88. The highest BCUT2D eigenvalue weighted by molar-refractivity contribution is 6.30. The number of nitrogens with one attached hydrogen (secondary N) is 1. The Bertz CT molecular complexity index is 788. The van der Waals surface area contributed by atoms with Crippen molar-refractivity contribution in [2.45, 2.75) is 45.8 Å². The first-order chi connectivity index (χ1) is 13.3. The summed E-state index contributed by atoms with van der Waals surface area (Å²) in [5.74, 6) is 0.450. The van der Waals surface area contributed by atoms with E-state index in [-0.39, 0.29) is 24.3 Å². The van der Waals surface area contributed by atoms with Crippen LogP contribution in [0.25, 0.3) is 0 Å². The number of halogens is 1. The normalized spacial score (nSPS) is 11.8. The van der Waals surface area contributed by atoms with E-state index in [0.717, 1.165) is 16.9 Å². The van der Waals surface area contributed by atoms with Crippen LogP contribution < -0.4 is 10.1 Å². The van der Waals surface area contributed by atoms with Gasteiger partial charge in [-0.3, -0.25) is 9.59 Å². The number of hydrogen-bond acceptors (Lipinski definition) is 3. The average molecular weight is 403 g/mol. The molecule has 2 aromatic rings. The van der Waals surface area contributed by atoms with Crippen molar-refractivity contribution in [2.24, 2.45) is 0 Å². The van der Waals surface area contributed by atoms with Crippen molar-refractivity contribution in [3.63, 3.8) is 0 Å². The number of rotatable bonds is 8. The van der Waals surface area contributed by atoms with Crippen LogP contribution in [0.15, 0.2) is 48.5 Å². The summed E-state index contributed by atoms with van der Waals surface area (Å²) < 4.78 is 5.18. The summed E-state index contributed by atoms with van der Waals surface area (Å²) >= 11 is 5.92. The Morgan fingerprint density at radius 3 is 2.11 bits per heavy atom. The van der Waals surface area contributed by atoms with Crippen molar-refractivity contribution in [2.75, 3.05) is 7.11 Å². The highest BCUT2D eigenvalue weighted by atomic mass is 35.5. The molecule has 28 heavy (non-hydrogen) atoms. The van der Waals surface area contributed by atoms with E-state index in [1.807, 2.05) is 50.2 Å². The van der Waals surface area contributed by atoms with Crippen LogP contribution in [0.4, 0.5) is 0 Å². The Labute approximate surface area is 171 Å². The molecular weight excluding hydrogens is 376 g/mol. The fourth-order valence-corrected chi connectivity index (χ4v) is 2.92. The van der Waals surface area contributed by atoms with E-state index in [9.17, 15) is 9.59 Å². The summed E-state index contributed by atoms with van der Waals surface area (Å²) in [4.78, 5) is 27.2. The van der Waals surface area contributed by atoms with Gasteiger partial charge in [-0.25, -0.2) is 0 Å². The molecule has 5 nitrogen and oxygen atoms in total. The van der Waals surface area contributed by atoms with Gasteiger partial charge >= 0.3 is 0 Å². The maximum Gasteiger partial charge on any atom is 0.242 e. The van der Waals surface area contributed by atoms with Gasteiger partial charge in [-0.05, 0) is 56.2 Å². The van der Waals surface area contributed by atoms with Gasteiger partial charge in [0.2, 0.25) is 11.8 Å². The van der Waals surface area contributed by atoms with Gasteiger partial charge in [-0.1, -0.05) is 35.9 Å². The van der Waals surface area contributed by atoms with Crippen LogP contribution in [0.1, 0.15) is 31.9 Å². The molecule has 0 aliphatic heterocycles. The molecule has 6 heteroatoms. The first-order valence-corrected chi connectivity index (χ1v) is 9.65. The summed E-state index contributed by atoms with van der Waals surface area (Å²) in [5, 5.41) is 3.50. The van der Waals surface area contributed by atoms with Crippen molar-refractivity contribution >= 4 is 23.4 Å². The fourth-order valence-electron chi connectivity index (χ4n) is 2.79. The van der Waals surface area contributed by atoms with Crippen molar-refractivity contribution in [1.82, 2.24) is 10.2 Å². The Morgan fingerprint density at radius 2 is 1.57 bits per heavy atom. The van der Waals surface area contributed by atoms with Crippen molar-refractivity contribution in [3.8, 4) is 5.75 Å². The van der Waals surface area contributed by atoms with Gasteiger partial charge in [0.15, 0.2) is 0 Å². The second-order valence-corrected chi connectivity index (χ2v) is 7.45. The summed E-state index contributed by atoms with van der Waals surface area (Å²) in [6, 6.07) is 14.1. The van der Waals surface area contributed by atoms with Crippen LogP contribution in [0.3, 0.4) is 0 Å². The van der Waals surface area contributed by atoms with Crippen LogP contribution in [0.2, 0.25) is 5.02 Å². The molecule has 1 atom stereocenters. The molecule has 0 spiro atoms. The maximum atomic E-state index is 13.0. The number of methoxy groups -OCH3 is 1. The lowest BCUT2D eigenvalue weighted by molar-refractivity contribution is -0.140. The highest BCUT2D eigenvalue weighted by Crippen LogP contribution is 2.17. The van der Waals surface area contributed by atoms with Crippen molar-refractivity contribution in [3.05, 3.63) is 64.7 Å². The molecule has 0 saturated carbocycles. The second-order valence-electron chi connectivity index (χ2n) is 7.01. The smallest absolute Gasteiger partial charge is 0.242 e. The van der Waals surface area contributed by atoms with Crippen LogP contribution in [-0.2, 0) is 22.6 Å². The van der Waals surface area contributed by atoms with E-state index >= 15 is 0 Å². The quantitative estimate of drug-likeness (QED) is 0.729. The molecule has 2 aromatic carbocycles. The molecule has 0 radical (unpaired) electrons. The maximum absolute atomic E-state index is 13.0. The van der Waals surface area contributed by atoms with Gasteiger partial charge in [0.05, 0.1) is 13.5 Å². The van der Waals surface area contributed by atoms with E-state index in [2.05, 4.69) is 5.32 Å². The van der Waals surface area contributed by atoms with Gasteiger partial charge in [0.25, 0.3) is 0 Å². The number of carbonyl (C=O) groups excluding carboxylic acids is 2. The number of benzene rings is 2. The minimum absolute atomic E-state index is 0.00385. The zero-order valence-electron chi connectivity index (χ0n) is 16.7. The Morgan fingerprint density at radius 1 is 1.00 bits per heavy atom. The van der Waals surface area contributed by atoms with Crippen LogP contribution in [-0.4, -0.2) is 35.9 Å². The monoisotopic (exact) mass is 402 g/mol. The predicted molar refractivity (Wildman–Crippen MR) is 111 cm³/mol. The predicted octanol–water partition coefficient (Wildman–Crippen LogP) is 3.83. The molecule has 0 bridgehead atoms. The largest absolute Gasteiger partial charge is 0.497 e. The fraction of sp³-hybridized carbons (Fsp3) is 0.364. The first kappa shape index (κ1) is 21.8. The number of carbonyl (C=O) groups is 2. The van der Waals surface area contributed by atoms with E-state index in [1.165, 1.54) is 0 Å². The molecule has 2 amide bonds. The molecule has 2 rings (SSSR count). The number of hydrogen-bond donors (Lipinski definition) is 1. The minimum atomic E-state index is -0.593. The lowest BCUT2D eigenvalue weighted by atomic mass is 10.1. The molecule has 0 heterocycles. The molecule has 0 aliphatic carbocycles. The van der Waals surface area contributed by atoms with E-state index in [4.69, 9.17) is 16.3 Å². The van der Waals surface area contributed by atoms with Crippen LogP contribution in [0, 0.1) is 0 Å². The van der Waals surface area contributed by atoms with Gasteiger partial charge in [-0.15, -0.1) is 0 Å². The summed E-state index contributed by atoms with van der Waals surface area (Å²) in [5.41, 5.74) is 1.78. The second kappa shape index (κ2) is 10.1. The topological polar surface area (TPSA) is 58.6 Å². The standard InChI is InChI=1S/C22H27ClN2O3/c1-15(2)24-22(27)16(3)25(14-18-7-11-20(28-4)12-8-18)21(26)13-17-5-9-19(23)10-6-17/h5-12,15-16H,13-14H2,1-4H3,(H,24,27)/t16-/m0/s1. The summed E-state index contributed by atoms with van der Waals surface area (Å²) in [6.07, 6.45) is 0.201. The van der Waals surface area contributed by atoms with Gasteiger partial charge in [0, 0.05) is 17.6 Å². The molecule has 0 fully saturated rings. The number of ether oxygens (including phenoxy) is 1. The molecule has 1 N–H and O–H groups in total. The SMILES string of the molecule is COc1ccc(CN(C(=O)Cc2ccc(Cl)cc2)[C@@H](C)C(=O)NC(C)C)cc1. The summed E-state index contributed by atoms with van der Waals surface area (Å²) in [7, 11) is 1.61. The minimum Gasteiger partial charge on any atom is -0.497 e. The van der Waals surface area contributed by atoms with Crippen molar-refractivity contribution < 1.29 is 14.3 Å². The van der Waals surface area contributed by atoms with Gasteiger partial charge in [-0.2, -0.15) is 0 Å².